The Hall–Kier alpha value is -2.14. The first-order valence-electron chi connectivity index (χ1n) is 5.56. The molecule has 1 aromatic carbocycles. The maximum atomic E-state index is 12.1. The number of carboxylic acids is 1. The Morgan fingerprint density at radius 3 is 2.78 bits per heavy atom. The highest BCUT2D eigenvalue weighted by molar-refractivity contribution is 5.80. The van der Waals surface area contributed by atoms with Crippen LogP contribution in [0.25, 0.3) is 10.9 Å². The minimum atomic E-state index is -1.11. The second-order valence-electron chi connectivity index (χ2n) is 4.24. The van der Waals surface area contributed by atoms with Crippen molar-refractivity contribution in [2.45, 2.75) is 12.5 Å². The summed E-state index contributed by atoms with van der Waals surface area (Å²) in [6, 6.07) is 8.10. The predicted octanol–water partition coefficient (Wildman–Crippen LogP) is 0.493. The van der Waals surface area contributed by atoms with Crippen LogP contribution in [0.4, 0.5) is 0 Å². The van der Waals surface area contributed by atoms with E-state index in [0.717, 1.165) is 10.9 Å². The Morgan fingerprint density at radius 1 is 1.44 bits per heavy atom. The van der Waals surface area contributed by atoms with Gasteiger partial charge in [0.15, 0.2) is 0 Å². The molecule has 0 aliphatic rings. The van der Waals surface area contributed by atoms with E-state index in [4.69, 9.17) is 10.8 Å². The van der Waals surface area contributed by atoms with Crippen molar-refractivity contribution in [1.82, 2.24) is 4.57 Å². The number of para-hydroxylation sites is 1. The number of nitrogens with zero attached hydrogens (tertiary/aromatic N) is 1. The number of aliphatic carboxylic acids is 1. The van der Waals surface area contributed by atoms with Gasteiger partial charge in [-0.2, -0.15) is 0 Å². The van der Waals surface area contributed by atoms with Gasteiger partial charge in [-0.05, 0) is 17.5 Å². The van der Waals surface area contributed by atoms with Crippen molar-refractivity contribution in [1.29, 1.82) is 0 Å². The number of carboxylic acid groups (broad SMARTS) is 1. The van der Waals surface area contributed by atoms with Gasteiger partial charge >= 0.3 is 5.97 Å². The number of nitrogens with two attached hydrogens (primary N) is 1. The molecular formula is C13H14N2O3. The summed E-state index contributed by atoms with van der Waals surface area (Å²) < 4.78 is 1.51. The van der Waals surface area contributed by atoms with E-state index in [9.17, 15) is 9.59 Å². The smallest absolute Gasteiger partial charge is 0.320 e. The lowest BCUT2D eigenvalue weighted by Crippen LogP contribution is -2.35. The molecule has 0 bridgehead atoms. The van der Waals surface area contributed by atoms with Crippen molar-refractivity contribution in [3.8, 4) is 0 Å². The van der Waals surface area contributed by atoms with Crippen LogP contribution in [0.2, 0.25) is 0 Å². The molecule has 5 heteroatoms. The SMILES string of the molecule is Cn1c(=O)c(CC(N)C(=O)O)cc2ccccc21. The molecule has 0 aliphatic heterocycles. The molecule has 1 atom stereocenters. The highest BCUT2D eigenvalue weighted by Crippen LogP contribution is 2.12. The summed E-state index contributed by atoms with van der Waals surface area (Å²) in [4.78, 5) is 22.8. The monoisotopic (exact) mass is 246 g/mol. The maximum absolute atomic E-state index is 12.1. The number of aryl methyl sites for hydroxylation is 1. The average Bonchev–Trinajstić information content (AvgIpc) is 2.35. The molecular weight excluding hydrogens is 232 g/mol. The fourth-order valence-electron chi connectivity index (χ4n) is 1.96. The molecule has 0 saturated heterocycles. The van der Waals surface area contributed by atoms with Gasteiger partial charge < -0.3 is 15.4 Å². The lowest BCUT2D eigenvalue weighted by Gasteiger charge is -2.10. The van der Waals surface area contributed by atoms with E-state index in [0.29, 0.717) is 5.56 Å². The van der Waals surface area contributed by atoms with E-state index in [2.05, 4.69) is 0 Å². The number of pyridine rings is 1. The Morgan fingerprint density at radius 2 is 2.11 bits per heavy atom. The van der Waals surface area contributed by atoms with E-state index in [-0.39, 0.29) is 12.0 Å². The first-order chi connectivity index (χ1) is 8.50. The first kappa shape index (κ1) is 12.3. The van der Waals surface area contributed by atoms with Crippen LogP contribution in [0, 0.1) is 0 Å². The maximum Gasteiger partial charge on any atom is 0.320 e. The molecule has 0 spiro atoms. The number of fused-ring (bicyclic) bond motifs is 1. The number of aromatic nitrogens is 1. The quantitative estimate of drug-likeness (QED) is 0.825. The van der Waals surface area contributed by atoms with Gasteiger partial charge in [0.05, 0.1) is 5.52 Å². The van der Waals surface area contributed by atoms with E-state index in [1.165, 1.54) is 4.57 Å². The molecule has 1 aromatic heterocycles. The summed E-state index contributed by atoms with van der Waals surface area (Å²) >= 11 is 0. The van der Waals surface area contributed by atoms with Gasteiger partial charge in [-0.25, -0.2) is 0 Å². The molecule has 2 aromatic rings. The Labute approximate surface area is 103 Å². The minimum absolute atomic E-state index is 0.0346. The first-order valence-corrected chi connectivity index (χ1v) is 5.56. The summed E-state index contributed by atoms with van der Waals surface area (Å²) in [6.07, 6.45) is 0.0346. The van der Waals surface area contributed by atoms with Gasteiger partial charge in [-0.15, -0.1) is 0 Å². The largest absolute Gasteiger partial charge is 0.480 e. The lowest BCUT2D eigenvalue weighted by molar-refractivity contribution is -0.138. The molecule has 5 nitrogen and oxygen atoms in total. The number of carbonyl (C=O) groups is 1. The standard InChI is InChI=1S/C13H14N2O3/c1-15-11-5-3-2-4-8(11)6-9(12(15)16)7-10(14)13(17)18/h2-6,10H,7,14H2,1H3,(H,17,18). The molecule has 0 fully saturated rings. The van der Waals surface area contributed by atoms with Crippen molar-refractivity contribution >= 4 is 16.9 Å². The van der Waals surface area contributed by atoms with Crippen LogP contribution in [-0.4, -0.2) is 21.7 Å². The molecule has 0 radical (unpaired) electrons. The van der Waals surface area contributed by atoms with Gasteiger partial charge in [0.2, 0.25) is 0 Å². The third kappa shape index (κ3) is 2.12. The average molecular weight is 246 g/mol. The zero-order valence-electron chi connectivity index (χ0n) is 9.96. The summed E-state index contributed by atoms with van der Waals surface area (Å²) in [5.41, 5.74) is 6.50. The van der Waals surface area contributed by atoms with Crippen LogP contribution in [0.1, 0.15) is 5.56 Å². The van der Waals surface area contributed by atoms with Crippen LogP contribution < -0.4 is 11.3 Å². The molecule has 1 heterocycles. The summed E-state index contributed by atoms with van der Waals surface area (Å²) in [6.45, 7) is 0. The van der Waals surface area contributed by atoms with E-state index >= 15 is 0 Å². The van der Waals surface area contributed by atoms with Crippen molar-refractivity contribution in [3.63, 3.8) is 0 Å². The van der Waals surface area contributed by atoms with E-state index in [1.807, 2.05) is 24.3 Å². The Balaban J connectivity index is 2.56. The van der Waals surface area contributed by atoms with Gasteiger partial charge in [0, 0.05) is 19.0 Å². The number of benzene rings is 1. The Kier molecular flexibility index (Phi) is 3.16. The normalized spacial score (nSPS) is 12.6. The third-order valence-corrected chi connectivity index (χ3v) is 2.96. The van der Waals surface area contributed by atoms with E-state index < -0.39 is 12.0 Å². The Bertz CT molecular complexity index is 661. The molecule has 1 unspecified atom stereocenters. The van der Waals surface area contributed by atoms with Crippen molar-refractivity contribution in [3.05, 3.63) is 46.2 Å². The summed E-state index contributed by atoms with van der Waals surface area (Å²) in [7, 11) is 1.67. The van der Waals surface area contributed by atoms with Crippen LogP contribution >= 0.6 is 0 Å². The predicted molar refractivity (Wildman–Crippen MR) is 68.5 cm³/mol. The number of rotatable bonds is 3. The fraction of sp³-hybridized carbons (Fsp3) is 0.231. The number of hydrogen-bond donors (Lipinski definition) is 2. The minimum Gasteiger partial charge on any atom is -0.480 e. The van der Waals surface area contributed by atoms with E-state index in [1.54, 1.807) is 13.1 Å². The zero-order valence-corrected chi connectivity index (χ0v) is 9.96. The molecule has 3 N–H and O–H groups in total. The zero-order chi connectivity index (χ0) is 13.3. The summed E-state index contributed by atoms with van der Waals surface area (Å²) in [5.74, 6) is -1.11. The van der Waals surface area contributed by atoms with Gasteiger partial charge in [-0.1, -0.05) is 18.2 Å². The van der Waals surface area contributed by atoms with Crippen LogP contribution in [0.5, 0.6) is 0 Å². The highest BCUT2D eigenvalue weighted by Gasteiger charge is 2.15. The molecule has 0 saturated carbocycles. The van der Waals surface area contributed by atoms with Gasteiger partial charge in [0.1, 0.15) is 6.04 Å². The second kappa shape index (κ2) is 4.62. The fourth-order valence-corrected chi connectivity index (χ4v) is 1.96. The topological polar surface area (TPSA) is 85.3 Å². The second-order valence-corrected chi connectivity index (χ2v) is 4.24. The third-order valence-electron chi connectivity index (χ3n) is 2.96. The lowest BCUT2D eigenvalue weighted by atomic mass is 10.1. The molecule has 0 amide bonds. The molecule has 18 heavy (non-hydrogen) atoms. The van der Waals surface area contributed by atoms with Crippen LogP contribution in [0.3, 0.4) is 0 Å². The molecule has 0 aliphatic carbocycles. The van der Waals surface area contributed by atoms with Gasteiger partial charge in [0.25, 0.3) is 5.56 Å². The number of hydrogen-bond acceptors (Lipinski definition) is 3. The summed E-state index contributed by atoms with van der Waals surface area (Å²) in [5, 5.41) is 9.68. The van der Waals surface area contributed by atoms with Crippen molar-refractivity contribution in [2.75, 3.05) is 0 Å². The van der Waals surface area contributed by atoms with Crippen LogP contribution in [-0.2, 0) is 18.3 Å². The van der Waals surface area contributed by atoms with Gasteiger partial charge in [-0.3, -0.25) is 9.59 Å². The van der Waals surface area contributed by atoms with Crippen molar-refractivity contribution in [2.24, 2.45) is 12.8 Å². The van der Waals surface area contributed by atoms with Crippen molar-refractivity contribution < 1.29 is 9.90 Å². The molecule has 94 valence electrons. The van der Waals surface area contributed by atoms with Crippen LogP contribution in [0.15, 0.2) is 35.1 Å². The molecule has 2 rings (SSSR count). The highest BCUT2D eigenvalue weighted by atomic mass is 16.4.